The van der Waals surface area contributed by atoms with Gasteiger partial charge in [0.25, 0.3) is 5.91 Å². The molecular formula is C28H32N4O4. The standard InChI is InChI=1S/C28H32N4O4/c1-3-36-26(34)21-8-6-9-22(17-21)29-27(35)32-16-13-28(19-32)11-14-31(15-12-28)25(33)24-18-20-7-4-5-10-23(20)30(24)2/h4-10,17-18H,3,11-16,19H2,1-2H3,(H,29,35). The lowest BCUT2D eigenvalue weighted by atomic mass is 9.77. The summed E-state index contributed by atoms with van der Waals surface area (Å²) in [5.41, 5.74) is 2.79. The number of aryl methyl sites for hydroxylation is 1. The third-order valence-corrected chi connectivity index (χ3v) is 7.63. The molecule has 0 saturated carbocycles. The number of fused-ring (bicyclic) bond motifs is 1. The number of aromatic nitrogens is 1. The number of benzene rings is 2. The van der Waals surface area contributed by atoms with E-state index in [1.54, 1.807) is 31.2 Å². The van der Waals surface area contributed by atoms with E-state index in [1.165, 1.54) is 0 Å². The van der Waals surface area contributed by atoms with Gasteiger partial charge < -0.3 is 24.4 Å². The summed E-state index contributed by atoms with van der Waals surface area (Å²) in [5.74, 6) is -0.337. The van der Waals surface area contributed by atoms with Crippen molar-refractivity contribution >= 4 is 34.5 Å². The van der Waals surface area contributed by atoms with E-state index in [9.17, 15) is 14.4 Å². The summed E-state index contributed by atoms with van der Waals surface area (Å²) >= 11 is 0. The first-order valence-electron chi connectivity index (χ1n) is 12.6. The molecule has 2 aromatic carbocycles. The van der Waals surface area contributed by atoms with Gasteiger partial charge in [-0.25, -0.2) is 9.59 Å². The molecule has 3 aromatic rings. The molecule has 1 spiro atoms. The molecule has 2 aliphatic heterocycles. The van der Waals surface area contributed by atoms with E-state index in [0.29, 0.717) is 49.7 Å². The van der Waals surface area contributed by atoms with Crippen LogP contribution >= 0.6 is 0 Å². The predicted molar refractivity (Wildman–Crippen MR) is 138 cm³/mol. The van der Waals surface area contributed by atoms with E-state index < -0.39 is 5.97 Å². The zero-order chi connectivity index (χ0) is 25.3. The minimum absolute atomic E-state index is 0.0415. The maximum absolute atomic E-state index is 13.3. The van der Waals surface area contributed by atoms with Crippen LogP contribution in [0.15, 0.2) is 54.6 Å². The Labute approximate surface area is 210 Å². The molecule has 8 heteroatoms. The van der Waals surface area contributed by atoms with Crippen molar-refractivity contribution in [2.75, 3.05) is 38.1 Å². The fourth-order valence-electron chi connectivity index (χ4n) is 5.50. The number of urea groups is 1. The van der Waals surface area contributed by atoms with Crippen molar-refractivity contribution in [3.8, 4) is 0 Å². The molecule has 3 amide bonds. The highest BCUT2D eigenvalue weighted by molar-refractivity contribution is 5.99. The van der Waals surface area contributed by atoms with Crippen LogP contribution in [0.25, 0.3) is 10.9 Å². The van der Waals surface area contributed by atoms with Crippen LogP contribution in [0.5, 0.6) is 0 Å². The molecule has 188 valence electrons. The molecule has 36 heavy (non-hydrogen) atoms. The van der Waals surface area contributed by atoms with Gasteiger partial charge in [-0.3, -0.25) is 4.79 Å². The highest BCUT2D eigenvalue weighted by Crippen LogP contribution is 2.41. The van der Waals surface area contributed by atoms with Gasteiger partial charge in [-0.1, -0.05) is 24.3 Å². The third kappa shape index (κ3) is 4.55. The number of esters is 1. The van der Waals surface area contributed by atoms with Gasteiger partial charge in [0.2, 0.25) is 0 Å². The van der Waals surface area contributed by atoms with Crippen molar-refractivity contribution < 1.29 is 19.1 Å². The van der Waals surface area contributed by atoms with Crippen molar-refractivity contribution in [2.45, 2.75) is 26.2 Å². The van der Waals surface area contributed by atoms with E-state index in [2.05, 4.69) is 5.32 Å². The number of likely N-dealkylation sites (tertiary alicyclic amines) is 2. The number of anilines is 1. The molecule has 0 aliphatic carbocycles. The maximum atomic E-state index is 13.3. The average molecular weight is 489 g/mol. The number of para-hydroxylation sites is 1. The van der Waals surface area contributed by atoms with Gasteiger partial charge >= 0.3 is 12.0 Å². The monoisotopic (exact) mass is 488 g/mol. The Morgan fingerprint density at radius 2 is 1.67 bits per heavy atom. The fourth-order valence-corrected chi connectivity index (χ4v) is 5.50. The average Bonchev–Trinajstić information content (AvgIpc) is 3.46. The van der Waals surface area contributed by atoms with Gasteiger partial charge in [0, 0.05) is 49.8 Å². The number of carbonyl (C=O) groups is 3. The predicted octanol–water partition coefficient (Wildman–Crippen LogP) is 4.52. The van der Waals surface area contributed by atoms with Crippen LogP contribution in [0.2, 0.25) is 0 Å². The summed E-state index contributed by atoms with van der Waals surface area (Å²) in [4.78, 5) is 42.0. The fraction of sp³-hybridized carbons (Fsp3) is 0.393. The topological polar surface area (TPSA) is 83.9 Å². The molecule has 8 nitrogen and oxygen atoms in total. The molecular weight excluding hydrogens is 456 g/mol. The molecule has 3 heterocycles. The van der Waals surface area contributed by atoms with Gasteiger partial charge in [0.15, 0.2) is 0 Å². The van der Waals surface area contributed by atoms with E-state index in [4.69, 9.17) is 4.74 Å². The van der Waals surface area contributed by atoms with E-state index in [1.807, 2.05) is 51.7 Å². The van der Waals surface area contributed by atoms with Gasteiger partial charge in [-0.15, -0.1) is 0 Å². The number of ether oxygens (including phenoxy) is 1. The second kappa shape index (κ2) is 9.68. The molecule has 0 bridgehead atoms. The lowest BCUT2D eigenvalue weighted by Crippen LogP contribution is -2.45. The van der Waals surface area contributed by atoms with Crippen LogP contribution in [-0.2, 0) is 11.8 Å². The number of piperidine rings is 1. The summed E-state index contributed by atoms with van der Waals surface area (Å²) < 4.78 is 7.02. The highest BCUT2D eigenvalue weighted by atomic mass is 16.5. The first-order chi connectivity index (χ1) is 17.4. The second-order valence-electron chi connectivity index (χ2n) is 9.84. The van der Waals surface area contributed by atoms with Crippen LogP contribution in [0.3, 0.4) is 0 Å². The molecule has 2 fully saturated rings. The minimum atomic E-state index is -0.404. The van der Waals surface area contributed by atoms with E-state index in [0.717, 1.165) is 30.2 Å². The van der Waals surface area contributed by atoms with Crippen molar-refractivity contribution in [1.82, 2.24) is 14.4 Å². The number of nitrogens with zero attached hydrogens (tertiary/aromatic N) is 3. The molecule has 1 aromatic heterocycles. The first kappa shape index (κ1) is 23.9. The zero-order valence-electron chi connectivity index (χ0n) is 20.8. The van der Waals surface area contributed by atoms with Crippen LogP contribution in [0, 0.1) is 5.41 Å². The Kier molecular flexibility index (Phi) is 6.43. The lowest BCUT2D eigenvalue weighted by Gasteiger charge is -2.39. The van der Waals surface area contributed by atoms with Gasteiger partial charge in [-0.05, 0) is 61.9 Å². The highest BCUT2D eigenvalue weighted by Gasteiger charge is 2.43. The Morgan fingerprint density at radius 3 is 2.39 bits per heavy atom. The number of nitrogens with one attached hydrogen (secondary N) is 1. The summed E-state index contributed by atoms with van der Waals surface area (Å²) in [7, 11) is 1.94. The lowest BCUT2D eigenvalue weighted by molar-refractivity contribution is 0.0525. The first-order valence-corrected chi connectivity index (χ1v) is 12.6. The van der Waals surface area contributed by atoms with Gasteiger partial charge in [0.05, 0.1) is 12.2 Å². The van der Waals surface area contributed by atoms with Crippen LogP contribution in [-0.4, -0.2) is 65.1 Å². The Bertz CT molecular complexity index is 1310. The molecule has 2 aliphatic rings. The van der Waals surface area contributed by atoms with E-state index in [-0.39, 0.29) is 17.4 Å². The number of hydrogen-bond donors (Lipinski definition) is 1. The Hall–Kier alpha value is -3.81. The smallest absolute Gasteiger partial charge is 0.338 e. The second-order valence-corrected chi connectivity index (χ2v) is 9.84. The zero-order valence-corrected chi connectivity index (χ0v) is 20.8. The summed E-state index contributed by atoms with van der Waals surface area (Å²) in [5, 5.41) is 3.99. The van der Waals surface area contributed by atoms with Crippen molar-refractivity contribution in [2.24, 2.45) is 12.5 Å². The minimum Gasteiger partial charge on any atom is -0.462 e. The third-order valence-electron chi connectivity index (χ3n) is 7.63. The van der Waals surface area contributed by atoms with Crippen LogP contribution in [0.4, 0.5) is 10.5 Å². The summed E-state index contributed by atoms with van der Waals surface area (Å²) in [6.45, 7) is 4.80. The van der Waals surface area contributed by atoms with Gasteiger partial charge in [0.1, 0.15) is 5.69 Å². The Balaban J connectivity index is 1.18. The molecule has 5 rings (SSSR count). The van der Waals surface area contributed by atoms with Gasteiger partial charge in [-0.2, -0.15) is 0 Å². The quantitative estimate of drug-likeness (QED) is 0.548. The van der Waals surface area contributed by atoms with Crippen molar-refractivity contribution in [3.05, 3.63) is 65.9 Å². The summed E-state index contributed by atoms with van der Waals surface area (Å²) in [6.07, 6.45) is 2.69. The molecule has 0 radical (unpaired) electrons. The molecule has 0 atom stereocenters. The van der Waals surface area contributed by atoms with E-state index >= 15 is 0 Å². The largest absolute Gasteiger partial charge is 0.462 e. The van der Waals surface area contributed by atoms with Crippen LogP contribution < -0.4 is 5.32 Å². The van der Waals surface area contributed by atoms with Crippen molar-refractivity contribution in [3.63, 3.8) is 0 Å². The summed E-state index contributed by atoms with van der Waals surface area (Å²) in [6, 6.07) is 16.7. The molecule has 2 saturated heterocycles. The van der Waals surface area contributed by atoms with Crippen molar-refractivity contribution in [1.29, 1.82) is 0 Å². The Morgan fingerprint density at radius 1 is 0.944 bits per heavy atom. The maximum Gasteiger partial charge on any atom is 0.338 e. The SMILES string of the molecule is CCOC(=O)c1cccc(NC(=O)N2CCC3(CCN(C(=O)c4cc5ccccc5n4C)CC3)C2)c1. The molecule has 1 N–H and O–H groups in total. The number of rotatable bonds is 4. The molecule has 0 unspecified atom stereocenters. The number of amides is 3. The normalized spacial score (nSPS) is 16.9. The number of hydrogen-bond acceptors (Lipinski definition) is 4. The number of carbonyl (C=O) groups excluding carboxylic acids is 3. The van der Waals surface area contributed by atoms with Crippen LogP contribution in [0.1, 0.15) is 47.0 Å².